The molecule has 0 saturated carbocycles. The van der Waals surface area contributed by atoms with Crippen molar-refractivity contribution in [2.45, 2.75) is 11.8 Å². The first-order chi connectivity index (χ1) is 12.1. The van der Waals surface area contributed by atoms with E-state index < -0.39 is 0 Å². The maximum absolute atomic E-state index is 12.6. The summed E-state index contributed by atoms with van der Waals surface area (Å²) in [5.74, 6) is 2.01. The number of carbonyl (C=O) groups excluding carboxylic acids is 1. The number of methoxy groups -OCH3 is 1. The molecule has 1 heterocycles. The lowest BCUT2D eigenvalue weighted by atomic mass is 10.1. The molecule has 0 radical (unpaired) electrons. The van der Waals surface area contributed by atoms with Crippen LogP contribution in [0, 0.1) is 0 Å². The summed E-state index contributed by atoms with van der Waals surface area (Å²) in [4.78, 5) is 13.6. The first-order valence-electron chi connectivity index (χ1n) is 7.78. The van der Waals surface area contributed by atoms with Gasteiger partial charge in [-0.05, 0) is 42.8 Å². The zero-order valence-corrected chi connectivity index (χ0v) is 14.8. The third-order valence-electron chi connectivity index (χ3n) is 3.67. The van der Waals surface area contributed by atoms with Crippen molar-refractivity contribution in [1.29, 1.82) is 0 Å². The molecule has 1 aliphatic heterocycles. The Hall–Kier alpha value is -2.60. The molecule has 3 rings (SSSR count). The molecule has 0 aliphatic carbocycles. The fraction of sp³-hybridized carbons (Fsp3) is 0.211. The van der Waals surface area contributed by atoms with Crippen LogP contribution in [0.4, 0.5) is 0 Å². The maximum Gasteiger partial charge on any atom is 0.189 e. The minimum absolute atomic E-state index is 0.0232. The van der Waals surface area contributed by atoms with Gasteiger partial charge >= 0.3 is 0 Å². The number of ether oxygens (including phenoxy) is 3. The summed E-state index contributed by atoms with van der Waals surface area (Å²) < 4.78 is 16.1. The molecule has 0 aromatic heterocycles. The van der Waals surface area contributed by atoms with Crippen molar-refractivity contribution in [3.05, 3.63) is 47.5 Å². The first-order valence-corrected chi connectivity index (χ1v) is 8.76. The molecule has 2 aromatic carbocycles. The van der Waals surface area contributed by atoms with Gasteiger partial charge in [0.25, 0.3) is 0 Å². The number of hydrogen-bond donors (Lipinski definition) is 1. The van der Waals surface area contributed by atoms with Gasteiger partial charge in [-0.25, -0.2) is 0 Å². The number of phenols is 1. The maximum atomic E-state index is 12.6. The largest absolute Gasteiger partial charge is 0.504 e. The van der Waals surface area contributed by atoms with Crippen LogP contribution >= 0.6 is 11.8 Å². The Labute approximate surface area is 150 Å². The van der Waals surface area contributed by atoms with Gasteiger partial charge in [0.2, 0.25) is 0 Å². The van der Waals surface area contributed by atoms with Gasteiger partial charge < -0.3 is 19.3 Å². The topological polar surface area (TPSA) is 65.0 Å². The number of carbonyl (C=O) groups is 1. The summed E-state index contributed by atoms with van der Waals surface area (Å²) in [6, 6.07) is 8.50. The molecule has 1 N–H and O–H groups in total. The minimum atomic E-state index is -0.193. The van der Waals surface area contributed by atoms with Crippen molar-refractivity contribution in [2.75, 3.05) is 19.7 Å². The highest BCUT2D eigenvalue weighted by molar-refractivity contribution is 7.99. The second kappa shape index (κ2) is 7.53. The highest BCUT2D eigenvalue weighted by Crippen LogP contribution is 2.41. The molecule has 0 saturated heterocycles. The summed E-state index contributed by atoms with van der Waals surface area (Å²) in [5.41, 5.74) is 1.15. The smallest absolute Gasteiger partial charge is 0.189 e. The summed E-state index contributed by atoms with van der Waals surface area (Å²) in [6.45, 7) is 2.35. The number of allylic oxidation sites excluding steroid dienone is 1. The Balaban J connectivity index is 1.86. The van der Waals surface area contributed by atoms with E-state index >= 15 is 0 Å². The average Bonchev–Trinajstić information content (AvgIpc) is 3.06. The van der Waals surface area contributed by atoms with E-state index in [4.69, 9.17) is 14.2 Å². The predicted octanol–water partition coefficient (Wildman–Crippen LogP) is 4.14. The molecule has 0 bridgehead atoms. The van der Waals surface area contributed by atoms with E-state index in [0.29, 0.717) is 40.9 Å². The third kappa shape index (κ3) is 3.74. The second-order valence-corrected chi connectivity index (χ2v) is 6.23. The normalized spacial score (nSPS) is 12.7. The van der Waals surface area contributed by atoms with Crippen molar-refractivity contribution >= 4 is 23.6 Å². The van der Waals surface area contributed by atoms with Crippen LogP contribution in [0.2, 0.25) is 0 Å². The molecule has 25 heavy (non-hydrogen) atoms. The number of ketones is 1. The van der Waals surface area contributed by atoms with Crippen LogP contribution in [0.5, 0.6) is 23.0 Å². The number of thioether (sulfide) groups is 1. The fourth-order valence-electron chi connectivity index (χ4n) is 2.46. The molecule has 1 aliphatic rings. The molecule has 2 aromatic rings. The van der Waals surface area contributed by atoms with E-state index in [9.17, 15) is 9.90 Å². The summed E-state index contributed by atoms with van der Waals surface area (Å²) in [5, 5.41) is 9.81. The van der Waals surface area contributed by atoms with Crippen molar-refractivity contribution in [3.63, 3.8) is 0 Å². The Morgan fingerprint density at radius 1 is 1.32 bits per heavy atom. The number of aromatic hydroxyl groups is 1. The SMILES string of the molecule is CCOc1cc2c(cc1C(=O)/C=C/c1ccc(OC)c(O)c1)OCS2. The molecular weight excluding hydrogens is 340 g/mol. The Morgan fingerprint density at radius 2 is 2.16 bits per heavy atom. The Morgan fingerprint density at radius 3 is 2.88 bits per heavy atom. The van der Waals surface area contributed by atoms with Crippen LogP contribution in [-0.4, -0.2) is 30.5 Å². The third-order valence-corrected chi connectivity index (χ3v) is 4.54. The van der Waals surface area contributed by atoms with Gasteiger partial charge in [-0.1, -0.05) is 23.9 Å². The van der Waals surface area contributed by atoms with Crippen molar-refractivity contribution in [1.82, 2.24) is 0 Å². The standard InChI is InChI=1S/C19H18O5S/c1-3-23-17-10-19-18(24-11-25-19)9-13(17)14(20)6-4-12-5-7-16(22-2)15(21)8-12/h4-10,21H,3,11H2,1-2H3/b6-4+. The number of benzene rings is 2. The molecule has 6 heteroatoms. The molecule has 5 nitrogen and oxygen atoms in total. The summed E-state index contributed by atoms with van der Waals surface area (Å²) in [7, 11) is 1.48. The number of fused-ring (bicyclic) bond motifs is 1. The Bertz CT molecular complexity index is 829. The quantitative estimate of drug-likeness (QED) is 0.618. The molecule has 0 unspecified atom stereocenters. The number of hydrogen-bond acceptors (Lipinski definition) is 6. The van der Waals surface area contributed by atoms with Gasteiger partial charge in [0.1, 0.15) is 17.4 Å². The highest BCUT2D eigenvalue weighted by atomic mass is 32.2. The highest BCUT2D eigenvalue weighted by Gasteiger charge is 2.20. The number of rotatable bonds is 6. The van der Waals surface area contributed by atoms with Gasteiger partial charge in [-0.15, -0.1) is 0 Å². The molecule has 130 valence electrons. The van der Waals surface area contributed by atoms with Crippen LogP contribution < -0.4 is 14.2 Å². The van der Waals surface area contributed by atoms with E-state index in [-0.39, 0.29) is 11.5 Å². The summed E-state index contributed by atoms with van der Waals surface area (Å²) >= 11 is 1.57. The molecule has 0 atom stereocenters. The minimum Gasteiger partial charge on any atom is -0.504 e. The van der Waals surface area contributed by atoms with E-state index in [0.717, 1.165) is 4.90 Å². The summed E-state index contributed by atoms with van der Waals surface area (Å²) in [6.07, 6.45) is 3.09. The van der Waals surface area contributed by atoms with Crippen LogP contribution in [0.15, 0.2) is 41.3 Å². The van der Waals surface area contributed by atoms with Crippen molar-refractivity contribution < 1.29 is 24.1 Å². The van der Waals surface area contributed by atoms with Gasteiger partial charge in [0.15, 0.2) is 17.3 Å². The molecule has 0 fully saturated rings. The van der Waals surface area contributed by atoms with Crippen molar-refractivity contribution in [2.24, 2.45) is 0 Å². The molecule has 0 amide bonds. The average molecular weight is 358 g/mol. The lowest BCUT2D eigenvalue weighted by Crippen LogP contribution is -2.02. The van der Waals surface area contributed by atoms with Crippen molar-refractivity contribution in [3.8, 4) is 23.0 Å². The zero-order valence-electron chi connectivity index (χ0n) is 13.9. The van der Waals surface area contributed by atoms with E-state index in [2.05, 4.69) is 0 Å². The molecule has 0 spiro atoms. The second-order valence-electron chi connectivity index (χ2n) is 5.26. The van der Waals surface area contributed by atoms with Crippen LogP contribution in [0.1, 0.15) is 22.8 Å². The van der Waals surface area contributed by atoms with Crippen LogP contribution in [0.3, 0.4) is 0 Å². The van der Waals surface area contributed by atoms with Crippen LogP contribution in [-0.2, 0) is 0 Å². The molecular formula is C19H18O5S. The monoisotopic (exact) mass is 358 g/mol. The number of phenolic OH excluding ortho intramolecular Hbond substituents is 1. The van der Waals surface area contributed by atoms with E-state index in [1.54, 1.807) is 36.0 Å². The van der Waals surface area contributed by atoms with Gasteiger partial charge in [0, 0.05) is 0 Å². The first kappa shape index (κ1) is 17.2. The van der Waals surface area contributed by atoms with Gasteiger partial charge in [-0.2, -0.15) is 0 Å². The lowest BCUT2D eigenvalue weighted by molar-refractivity contribution is 0.104. The van der Waals surface area contributed by atoms with Crippen LogP contribution in [0.25, 0.3) is 6.08 Å². The fourth-order valence-corrected chi connectivity index (χ4v) is 3.23. The van der Waals surface area contributed by atoms with E-state index in [1.165, 1.54) is 19.3 Å². The Kier molecular flexibility index (Phi) is 5.19. The van der Waals surface area contributed by atoms with Gasteiger partial charge in [-0.3, -0.25) is 4.79 Å². The van der Waals surface area contributed by atoms with Gasteiger partial charge in [0.05, 0.1) is 24.2 Å². The zero-order chi connectivity index (χ0) is 17.8. The lowest BCUT2D eigenvalue weighted by Gasteiger charge is -2.10. The predicted molar refractivity (Wildman–Crippen MR) is 97.0 cm³/mol. The van der Waals surface area contributed by atoms with E-state index in [1.807, 2.05) is 13.0 Å².